The van der Waals surface area contributed by atoms with Crippen LogP contribution in [0.1, 0.15) is 13.8 Å². The Morgan fingerprint density at radius 3 is 2.44 bits per heavy atom. The van der Waals surface area contributed by atoms with Crippen LogP contribution in [0.15, 0.2) is 0 Å². The van der Waals surface area contributed by atoms with E-state index in [0.717, 1.165) is 4.90 Å². The zero-order valence-corrected chi connectivity index (χ0v) is 8.95. The number of carboxylic acids is 1. The van der Waals surface area contributed by atoms with Crippen LogP contribution in [0.2, 0.25) is 0 Å². The number of amides is 1. The molecule has 16 heavy (non-hydrogen) atoms. The van der Waals surface area contributed by atoms with Crippen molar-refractivity contribution in [1.82, 2.24) is 4.90 Å². The second-order valence-electron chi connectivity index (χ2n) is 4.43. The SMILES string of the molecule is C[C@@H]1C(=O)C(C(=O)O)N2C(=O)[C@H]([C@@H](C)O)[C@@H]12. The molecule has 2 saturated heterocycles. The molecule has 5 atom stereocenters. The molecular weight excluding hydrogens is 214 g/mol. The zero-order chi connectivity index (χ0) is 12.2. The number of fused-ring (bicyclic) bond motifs is 1. The monoisotopic (exact) mass is 227 g/mol. The van der Waals surface area contributed by atoms with Crippen molar-refractivity contribution in [1.29, 1.82) is 0 Å². The quantitative estimate of drug-likeness (QED) is 0.459. The predicted molar refractivity (Wildman–Crippen MR) is 51.4 cm³/mol. The molecule has 2 heterocycles. The van der Waals surface area contributed by atoms with Gasteiger partial charge >= 0.3 is 5.97 Å². The summed E-state index contributed by atoms with van der Waals surface area (Å²) in [6.45, 7) is 3.08. The molecule has 6 heteroatoms. The predicted octanol–water partition coefficient (Wildman–Crippen LogP) is -1.13. The summed E-state index contributed by atoms with van der Waals surface area (Å²) in [4.78, 5) is 35.3. The lowest BCUT2D eigenvalue weighted by atomic mass is 9.79. The molecule has 0 aromatic carbocycles. The van der Waals surface area contributed by atoms with Gasteiger partial charge in [-0.2, -0.15) is 0 Å². The summed E-state index contributed by atoms with van der Waals surface area (Å²) in [6.07, 6.45) is -0.850. The van der Waals surface area contributed by atoms with Crippen molar-refractivity contribution in [2.45, 2.75) is 32.0 Å². The average molecular weight is 227 g/mol. The fourth-order valence-electron chi connectivity index (χ4n) is 2.69. The number of rotatable bonds is 2. The summed E-state index contributed by atoms with van der Waals surface area (Å²) in [6, 6.07) is -1.82. The number of carbonyl (C=O) groups excluding carboxylic acids is 2. The van der Waals surface area contributed by atoms with E-state index < -0.39 is 47.7 Å². The van der Waals surface area contributed by atoms with Crippen LogP contribution < -0.4 is 0 Å². The van der Waals surface area contributed by atoms with Crippen LogP contribution >= 0.6 is 0 Å². The van der Waals surface area contributed by atoms with E-state index in [-0.39, 0.29) is 0 Å². The second kappa shape index (κ2) is 3.28. The van der Waals surface area contributed by atoms with Gasteiger partial charge in [-0.25, -0.2) is 4.79 Å². The number of hydrogen-bond donors (Lipinski definition) is 2. The number of β-lactam (4-membered cyclic amide) rings is 1. The summed E-state index contributed by atoms with van der Waals surface area (Å²) < 4.78 is 0. The molecule has 0 aromatic rings. The Bertz CT molecular complexity index is 377. The number of carboxylic acid groups (broad SMARTS) is 1. The van der Waals surface area contributed by atoms with Crippen LogP contribution in [-0.4, -0.2) is 51.0 Å². The maximum Gasteiger partial charge on any atom is 0.334 e. The van der Waals surface area contributed by atoms with Gasteiger partial charge in [-0.05, 0) is 6.92 Å². The van der Waals surface area contributed by atoms with Gasteiger partial charge in [0.05, 0.1) is 18.1 Å². The van der Waals surface area contributed by atoms with Crippen LogP contribution in [0, 0.1) is 11.8 Å². The van der Waals surface area contributed by atoms with Crippen molar-refractivity contribution in [2.75, 3.05) is 0 Å². The van der Waals surface area contributed by atoms with E-state index in [0.29, 0.717) is 0 Å². The molecule has 0 aromatic heterocycles. The smallest absolute Gasteiger partial charge is 0.334 e. The lowest BCUT2D eigenvalue weighted by Crippen LogP contribution is -2.65. The fourth-order valence-corrected chi connectivity index (χ4v) is 2.69. The van der Waals surface area contributed by atoms with E-state index in [2.05, 4.69) is 0 Å². The van der Waals surface area contributed by atoms with E-state index in [1.807, 2.05) is 0 Å². The van der Waals surface area contributed by atoms with Gasteiger partial charge in [-0.3, -0.25) is 9.59 Å². The highest BCUT2D eigenvalue weighted by Gasteiger charge is 2.64. The first-order chi connectivity index (χ1) is 7.37. The number of nitrogens with zero attached hydrogens (tertiary/aromatic N) is 1. The molecule has 1 amide bonds. The first-order valence-electron chi connectivity index (χ1n) is 5.14. The molecule has 2 rings (SSSR count). The van der Waals surface area contributed by atoms with E-state index >= 15 is 0 Å². The minimum absolute atomic E-state index is 0.440. The molecule has 2 N–H and O–H groups in total. The van der Waals surface area contributed by atoms with Gasteiger partial charge in [0, 0.05) is 5.92 Å². The van der Waals surface area contributed by atoms with E-state index in [4.69, 9.17) is 5.11 Å². The molecular formula is C10H13NO5. The molecule has 2 aliphatic rings. The Balaban J connectivity index is 2.32. The number of ketones is 1. The average Bonchev–Trinajstić information content (AvgIpc) is 2.38. The Morgan fingerprint density at radius 2 is 2.00 bits per heavy atom. The van der Waals surface area contributed by atoms with E-state index in [9.17, 15) is 19.5 Å². The van der Waals surface area contributed by atoms with Crippen LogP contribution in [0.5, 0.6) is 0 Å². The van der Waals surface area contributed by atoms with E-state index in [1.165, 1.54) is 6.92 Å². The van der Waals surface area contributed by atoms with Crippen molar-refractivity contribution in [3.05, 3.63) is 0 Å². The highest BCUT2D eigenvalue weighted by Crippen LogP contribution is 2.42. The number of aliphatic hydroxyl groups excluding tert-OH is 1. The Morgan fingerprint density at radius 1 is 1.44 bits per heavy atom. The molecule has 2 aliphatic heterocycles. The van der Waals surface area contributed by atoms with Gasteiger partial charge in [0.1, 0.15) is 0 Å². The molecule has 0 spiro atoms. The number of aliphatic carboxylic acids is 1. The summed E-state index contributed by atoms with van der Waals surface area (Å²) in [5.41, 5.74) is 0. The summed E-state index contributed by atoms with van der Waals surface area (Å²) in [7, 11) is 0. The first kappa shape index (κ1) is 11.1. The van der Waals surface area contributed by atoms with E-state index in [1.54, 1.807) is 6.92 Å². The van der Waals surface area contributed by atoms with Crippen molar-refractivity contribution in [3.8, 4) is 0 Å². The van der Waals surface area contributed by atoms with Gasteiger partial charge in [-0.15, -0.1) is 0 Å². The molecule has 0 saturated carbocycles. The normalized spacial score (nSPS) is 39.3. The minimum Gasteiger partial charge on any atom is -0.479 e. The second-order valence-corrected chi connectivity index (χ2v) is 4.43. The largest absolute Gasteiger partial charge is 0.479 e. The van der Waals surface area contributed by atoms with Gasteiger partial charge < -0.3 is 15.1 Å². The van der Waals surface area contributed by atoms with Crippen molar-refractivity contribution >= 4 is 17.7 Å². The van der Waals surface area contributed by atoms with Gasteiger partial charge in [0.2, 0.25) is 5.91 Å². The van der Waals surface area contributed by atoms with Crippen LogP contribution in [0.3, 0.4) is 0 Å². The third-order valence-corrected chi connectivity index (χ3v) is 3.49. The Hall–Kier alpha value is -1.43. The summed E-state index contributed by atoms with van der Waals surface area (Å²) in [5, 5.41) is 18.3. The standard InChI is InChI=1S/C10H13NO5/c1-3-6-5(4(2)12)9(14)11(6)7(8(3)13)10(15)16/h3-7,12H,1-2H3,(H,15,16)/t3-,4+,5+,6+,7?/m0/s1. The molecule has 6 nitrogen and oxygen atoms in total. The summed E-state index contributed by atoms with van der Waals surface area (Å²) in [5.74, 6) is -3.34. The van der Waals surface area contributed by atoms with Crippen molar-refractivity contribution in [3.63, 3.8) is 0 Å². The zero-order valence-electron chi connectivity index (χ0n) is 8.95. The van der Waals surface area contributed by atoms with Gasteiger partial charge in [0.25, 0.3) is 0 Å². The first-order valence-corrected chi connectivity index (χ1v) is 5.14. The fraction of sp³-hybridized carbons (Fsp3) is 0.700. The number of hydrogen-bond acceptors (Lipinski definition) is 4. The molecule has 1 unspecified atom stereocenters. The van der Waals surface area contributed by atoms with Gasteiger partial charge in [0.15, 0.2) is 11.8 Å². The molecule has 88 valence electrons. The topological polar surface area (TPSA) is 94.9 Å². The van der Waals surface area contributed by atoms with Crippen LogP contribution in [0.25, 0.3) is 0 Å². The third kappa shape index (κ3) is 1.13. The number of Topliss-reactive ketones (excluding diaryl/α,β-unsaturated/α-hetero) is 1. The Labute approximate surface area is 91.8 Å². The number of aliphatic hydroxyl groups is 1. The molecule has 2 fully saturated rings. The lowest BCUT2D eigenvalue weighted by molar-refractivity contribution is -0.171. The van der Waals surface area contributed by atoms with Crippen LogP contribution in [-0.2, 0) is 14.4 Å². The molecule has 0 bridgehead atoms. The maximum absolute atomic E-state index is 11.7. The van der Waals surface area contributed by atoms with Crippen LogP contribution in [0.4, 0.5) is 0 Å². The highest BCUT2D eigenvalue weighted by molar-refractivity contribution is 6.11. The highest BCUT2D eigenvalue weighted by atomic mass is 16.4. The molecule has 0 radical (unpaired) electrons. The third-order valence-electron chi connectivity index (χ3n) is 3.49. The lowest BCUT2D eigenvalue weighted by Gasteiger charge is -2.46. The number of carbonyl (C=O) groups is 3. The molecule has 0 aliphatic carbocycles. The summed E-state index contributed by atoms with van der Waals surface area (Å²) >= 11 is 0. The van der Waals surface area contributed by atoms with Gasteiger partial charge in [-0.1, -0.05) is 6.92 Å². The van der Waals surface area contributed by atoms with Crippen molar-refractivity contribution < 1.29 is 24.6 Å². The minimum atomic E-state index is -1.36. The maximum atomic E-state index is 11.7. The Kier molecular flexibility index (Phi) is 2.27. The van der Waals surface area contributed by atoms with Crippen molar-refractivity contribution in [2.24, 2.45) is 11.8 Å².